The van der Waals surface area contributed by atoms with Crippen LogP contribution in [0, 0.1) is 5.82 Å². The molecule has 3 rings (SSSR count). The molecule has 3 nitrogen and oxygen atoms in total. The number of amides is 1. The van der Waals surface area contributed by atoms with Crippen molar-refractivity contribution in [2.75, 3.05) is 13.1 Å². The predicted octanol–water partition coefficient (Wildman–Crippen LogP) is 3.93. The molecule has 0 unspecified atom stereocenters. The lowest BCUT2D eigenvalue weighted by Crippen LogP contribution is -2.33. The van der Waals surface area contributed by atoms with Gasteiger partial charge in [-0.05, 0) is 29.7 Å². The van der Waals surface area contributed by atoms with Crippen molar-refractivity contribution in [3.8, 4) is 0 Å². The number of carbonyl (C=O) groups excluding carboxylic acids is 1. The van der Waals surface area contributed by atoms with E-state index in [0.717, 1.165) is 31.6 Å². The zero-order valence-corrected chi connectivity index (χ0v) is 14.6. The fourth-order valence-electron chi connectivity index (χ4n) is 2.86. The van der Waals surface area contributed by atoms with Crippen LogP contribution in [0.15, 0.2) is 60.2 Å². The molecule has 2 aromatic rings. The Balaban J connectivity index is 1.51. The van der Waals surface area contributed by atoms with Gasteiger partial charge in [-0.1, -0.05) is 54.1 Å². The van der Waals surface area contributed by atoms with Crippen molar-refractivity contribution >= 4 is 17.5 Å². The maximum Gasteiger partial charge on any atom is 0.247 e. The third-order valence-corrected chi connectivity index (χ3v) is 4.64. The van der Waals surface area contributed by atoms with Crippen molar-refractivity contribution in [2.45, 2.75) is 19.5 Å². The van der Waals surface area contributed by atoms with Crippen LogP contribution in [0.4, 0.5) is 4.39 Å². The number of halogens is 2. The minimum atomic E-state index is -0.381. The Morgan fingerprint density at radius 3 is 2.68 bits per heavy atom. The second-order valence-electron chi connectivity index (χ2n) is 6.12. The largest absolute Gasteiger partial charge is 0.348 e. The van der Waals surface area contributed by atoms with E-state index in [2.05, 4.69) is 22.3 Å². The summed E-state index contributed by atoms with van der Waals surface area (Å²) in [6, 6.07) is 14.5. The summed E-state index contributed by atoms with van der Waals surface area (Å²) >= 11 is 5.98. The fourth-order valence-corrected chi connectivity index (χ4v) is 3.09. The summed E-state index contributed by atoms with van der Waals surface area (Å²) in [4.78, 5) is 14.6. The van der Waals surface area contributed by atoms with E-state index >= 15 is 0 Å². The first-order valence-corrected chi connectivity index (χ1v) is 8.67. The summed E-state index contributed by atoms with van der Waals surface area (Å²) in [6.45, 7) is 2.79. The van der Waals surface area contributed by atoms with Crippen LogP contribution in [0.5, 0.6) is 0 Å². The van der Waals surface area contributed by atoms with E-state index in [1.807, 2.05) is 24.3 Å². The Morgan fingerprint density at radius 2 is 2.00 bits per heavy atom. The first kappa shape index (κ1) is 17.6. The normalized spacial score (nSPS) is 14.9. The van der Waals surface area contributed by atoms with Crippen LogP contribution in [-0.2, 0) is 17.9 Å². The molecular formula is C20H20ClFN2O. The molecule has 1 amide bonds. The van der Waals surface area contributed by atoms with Gasteiger partial charge in [0.25, 0.3) is 0 Å². The van der Waals surface area contributed by atoms with Gasteiger partial charge in [0.2, 0.25) is 5.91 Å². The smallest absolute Gasteiger partial charge is 0.247 e. The molecule has 1 aliphatic heterocycles. The third kappa shape index (κ3) is 4.91. The molecule has 0 bridgehead atoms. The highest BCUT2D eigenvalue weighted by Crippen LogP contribution is 2.18. The first-order chi connectivity index (χ1) is 12.1. The number of hydrogen-bond donors (Lipinski definition) is 1. The number of nitrogens with zero attached hydrogens (tertiary/aromatic N) is 1. The number of hydrogen-bond acceptors (Lipinski definition) is 2. The van der Waals surface area contributed by atoms with E-state index in [1.165, 1.54) is 17.7 Å². The molecule has 5 heteroatoms. The molecule has 2 aromatic carbocycles. The average molecular weight is 359 g/mol. The minimum Gasteiger partial charge on any atom is -0.348 e. The number of carbonyl (C=O) groups is 1. The third-order valence-electron chi connectivity index (χ3n) is 4.29. The standard InChI is InChI=1S/C20H20ClFN2O/c21-19-12-18(22)7-6-17(19)13-23-20(25)16-8-10-24(11-9-16)14-15-4-2-1-3-5-15/h1-8,12H,9-11,13-14H2,(H,23,25). The van der Waals surface area contributed by atoms with Gasteiger partial charge >= 0.3 is 0 Å². The zero-order chi connectivity index (χ0) is 17.6. The molecule has 1 heterocycles. The fraction of sp³-hybridized carbons (Fsp3) is 0.250. The van der Waals surface area contributed by atoms with Gasteiger partial charge in [0.1, 0.15) is 5.82 Å². The van der Waals surface area contributed by atoms with Gasteiger partial charge in [0.15, 0.2) is 0 Å². The highest BCUT2D eigenvalue weighted by molar-refractivity contribution is 6.31. The van der Waals surface area contributed by atoms with E-state index in [4.69, 9.17) is 11.6 Å². The monoisotopic (exact) mass is 358 g/mol. The van der Waals surface area contributed by atoms with E-state index in [9.17, 15) is 9.18 Å². The van der Waals surface area contributed by atoms with Crippen LogP contribution in [0.1, 0.15) is 17.5 Å². The summed E-state index contributed by atoms with van der Waals surface area (Å²) in [5.41, 5.74) is 2.77. The second kappa shape index (κ2) is 8.28. The van der Waals surface area contributed by atoms with E-state index in [-0.39, 0.29) is 11.7 Å². The lowest BCUT2D eigenvalue weighted by molar-refractivity contribution is -0.117. The van der Waals surface area contributed by atoms with Crippen molar-refractivity contribution < 1.29 is 9.18 Å². The number of rotatable bonds is 5. The summed E-state index contributed by atoms with van der Waals surface area (Å²) in [6.07, 6.45) is 2.70. The van der Waals surface area contributed by atoms with Gasteiger partial charge in [-0.2, -0.15) is 0 Å². The second-order valence-corrected chi connectivity index (χ2v) is 6.53. The van der Waals surface area contributed by atoms with Crippen molar-refractivity contribution in [3.05, 3.63) is 82.1 Å². The van der Waals surface area contributed by atoms with Crippen molar-refractivity contribution in [1.82, 2.24) is 10.2 Å². The molecule has 1 aliphatic rings. The van der Waals surface area contributed by atoms with Crippen LogP contribution in [0.2, 0.25) is 5.02 Å². The molecule has 0 spiro atoms. The van der Waals surface area contributed by atoms with Crippen LogP contribution < -0.4 is 5.32 Å². The van der Waals surface area contributed by atoms with Gasteiger partial charge in [-0.3, -0.25) is 9.69 Å². The first-order valence-electron chi connectivity index (χ1n) is 8.29. The molecule has 0 atom stereocenters. The molecule has 0 radical (unpaired) electrons. The van der Waals surface area contributed by atoms with Gasteiger partial charge in [-0.25, -0.2) is 4.39 Å². The molecule has 0 aliphatic carbocycles. The lowest BCUT2D eigenvalue weighted by Gasteiger charge is -2.26. The Morgan fingerprint density at radius 1 is 1.20 bits per heavy atom. The maximum absolute atomic E-state index is 13.0. The molecule has 0 aromatic heterocycles. The minimum absolute atomic E-state index is 0.0836. The molecule has 25 heavy (non-hydrogen) atoms. The molecule has 0 saturated carbocycles. The van der Waals surface area contributed by atoms with Crippen molar-refractivity contribution in [3.63, 3.8) is 0 Å². The van der Waals surface area contributed by atoms with Crippen LogP contribution >= 0.6 is 11.6 Å². The Kier molecular flexibility index (Phi) is 5.84. The Hall–Kier alpha value is -2.17. The summed E-state index contributed by atoms with van der Waals surface area (Å²) in [5.74, 6) is -0.465. The highest BCUT2D eigenvalue weighted by atomic mass is 35.5. The molecule has 1 N–H and O–H groups in total. The van der Waals surface area contributed by atoms with E-state index in [0.29, 0.717) is 17.1 Å². The molecule has 130 valence electrons. The van der Waals surface area contributed by atoms with Gasteiger partial charge in [0.05, 0.1) is 0 Å². The summed E-state index contributed by atoms with van der Waals surface area (Å²) < 4.78 is 13.0. The maximum atomic E-state index is 13.0. The number of nitrogens with one attached hydrogen (secondary N) is 1. The highest BCUT2D eigenvalue weighted by Gasteiger charge is 2.17. The van der Waals surface area contributed by atoms with E-state index in [1.54, 1.807) is 6.07 Å². The zero-order valence-electron chi connectivity index (χ0n) is 13.8. The average Bonchev–Trinajstić information content (AvgIpc) is 2.62. The van der Waals surface area contributed by atoms with Crippen LogP contribution in [0.3, 0.4) is 0 Å². The lowest BCUT2D eigenvalue weighted by atomic mass is 10.1. The molecule has 0 saturated heterocycles. The van der Waals surface area contributed by atoms with Gasteiger partial charge < -0.3 is 5.32 Å². The quantitative estimate of drug-likeness (QED) is 0.878. The molecule has 0 fully saturated rings. The Labute approximate surface area is 152 Å². The Bertz CT molecular complexity index is 777. The summed E-state index contributed by atoms with van der Waals surface area (Å²) in [7, 11) is 0. The topological polar surface area (TPSA) is 32.3 Å². The van der Waals surface area contributed by atoms with Gasteiger partial charge in [-0.15, -0.1) is 0 Å². The molecular weight excluding hydrogens is 339 g/mol. The van der Waals surface area contributed by atoms with Crippen molar-refractivity contribution in [1.29, 1.82) is 0 Å². The number of benzene rings is 2. The van der Waals surface area contributed by atoms with Gasteiger partial charge in [0, 0.05) is 36.8 Å². The van der Waals surface area contributed by atoms with Crippen LogP contribution in [0.25, 0.3) is 0 Å². The SMILES string of the molecule is O=C(NCc1ccc(F)cc1Cl)C1=CCN(Cc2ccccc2)CC1. The van der Waals surface area contributed by atoms with Crippen molar-refractivity contribution in [2.24, 2.45) is 0 Å². The van der Waals surface area contributed by atoms with Crippen LogP contribution in [-0.4, -0.2) is 23.9 Å². The van der Waals surface area contributed by atoms with E-state index < -0.39 is 0 Å². The predicted molar refractivity (Wildman–Crippen MR) is 97.7 cm³/mol. The summed E-state index contributed by atoms with van der Waals surface area (Å²) in [5, 5.41) is 3.19.